The van der Waals surface area contributed by atoms with Crippen molar-refractivity contribution in [3.63, 3.8) is 0 Å². The number of fused-ring (bicyclic) bond motifs is 1. The van der Waals surface area contributed by atoms with Crippen LogP contribution in [-0.4, -0.2) is 18.5 Å². The SMILES string of the molecule is CC1Cc2ccccc2N1CCC(=O)Nc1ccc(C(C)(C)C)cc1. The lowest BCUT2D eigenvalue weighted by Crippen LogP contribution is -2.32. The molecule has 0 aromatic heterocycles. The summed E-state index contributed by atoms with van der Waals surface area (Å²) in [6, 6.07) is 17.1. The third-order valence-corrected chi connectivity index (χ3v) is 4.96. The van der Waals surface area contributed by atoms with Gasteiger partial charge in [-0.15, -0.1) is 0 Å². The summed E-state index contributed by atoms with van der Waals surface area (Å²) in [5.41, 5.74) is 4.92. The van der Waals surface area contributed by atoms with E-state index in [-0.39, 0.29) is 11.3 Å². The number of hydrogen-bond donors (Lipinski definition) is 1. The van der Waals surface area contributed by atoms with Crippen LogP contribution in [0.1, 0.15) is 45.2 Å². The molecule has 3 rings (SSSR count). The van der Waals surface area contributed by atoms with Crippen LogP contribution in [0.5, 0.6) is 0 Å². The van der Waals surface area contributed by atoms with Crippen molar-refractivity contribution in [1.82, 2.24) is 0 Å². The maximum Gasteiger partial charge on any atom is 0.226 e. The van der Waals surface area contributed by atoms with Gasteiger partial charge in [-0.1, -0.05) is 51.1 Å². The number of carbonyl (C=O) groups is 1. The molecule has 1 amide bonds. The van der Waals surface area contributed by atoms with Crippen molar-refractivity contribution in [2.75, 3.05) is 16.8 Å². The van der Waals surface area contributed by atoms with Gasteiger partial charge in [-0.05, 0) is 48.1 Å². The molecule has 1 aliphatic heterocycles. The van der Waals surface area contributed by atoms with Gasteiger partial charge in [-0.2, -0.15) is 0 Å². The Morgan fingerprint density at radius 1 is 1.12 bits per heavy atom. The molecular weight excluding hydrogens is 308 g/mol. The second kappa shape index (κ2) is 6.91. The van der Waals surface area contributed by atoms with Gasteiger partial charge in [0.15, 0.2) is 0 Å². The van der Waals surface area contributed by atoms with Crippen LogP contribution in [0.25, 0.3) is 0 Å². The van der Waals surface area contributed by atoms with E-state index < -0.39 is 0 Å². The average Bonchev–Trinajstić information content (AvgIpc) is 2.88. The fourth-order valence-corrected chi connectivity index (χ4v) is 3.47. The van der Waals surface area contributed by atoms with Gasteiger partial charge in [0.2, 0.25) is 5.91 Å². The molecule has 0 saturated heterocycles. The molecule has 2 aromatic carbocycles. The van der Waals surface area contributed by atoms with E-state index in [0.29, 0.717) is 12.5 Å². The zero-order valence-corrected chi connectivity index (χ0v) is 15.7. The topological polar surface area (TPSA) is 32.3 Å². The van der Waals surface area contributed by atoms with Crippen LogP contribution in [0.2, 0.25) is 0 Å². The Hall–Kier alpha value is -2.29. The zero-order chi connectivity index (χ0) is 18.0. The predicted octanol–water partition coefficient (Wildman–Crippen LogP) is 4.76. The first kappa shape index (κ1) is 17.5. The van der Waals surface area contributed by atoms with Gasteiger partial charge in [0.05, 0.1) is 0 Å². The molecule has 1 aliphatic rings. The molecule has 0 saturated carbocycles. The van der Waals surface area contributed by atoms with Crippen LogP contribution in [0.3, 0.4) is 0 Å². The molecule has 25 heavy (non-hydrogen) atoms. The fraction of sp³-hybridized carbons (Fsp3) is 0.409. The number of nitrogens with zero attached hydrogens (tertiary/aromatic N) is 1. The highest BCUT2D eigenvalue weighted by molar-refractivity contribution is 5.91. The molecule has 1 heterocycles. The molecular formula is C22H28N2O. The monoisotopic (exact) mass is 336 g/mol. The Bertz CT molecular complexity index is 743. The quantitative estimate of drug-likeness (QED) is 0.873. The van der Waals surface area contributed by atoms with E-state index in [1.807, 2.05) is 12.1 Å². The van der Waals surface area contributed by atoms with E-state index in [4.69, 9.17) is 0 Å². The number of carbonyl (C=O) groups excluding carboxylic acids is 1. The van der Waals surface area contributed by atoms with E-state index in [2.05, 4.69) is 74.3 Å². The predicted molar refractivity (Wildman–Crippen MR) is 105 cm³/mol. The van der Waals surface area contributed by atoms with Crippen molar-refractivity contribution < 1.29 is 4.79 Å². The summed E-state index contributed by atoms with van der Waals surface area (Å²) in [7, 11) is 0. The minimum atomic E-state index is 0.0695. The molecule has 0 radical (unpaired) electrons. The normalized spacial score (nSPS) is 16.6. The summed E-state index contributed by atoms with van der Waals surface area (Å²) in [5, 5.41) is 3.02. The van der Waals surface area contributed by atoms with E-state index in [9.17, 15) is 4.79 Å². The summed E-state index contributed by atoms with van der Waals surface area (Å²) in [4.78, 5) is 14.7. The van der Waals surface area contributed by atoms with Gasteiger partial charge in [0.1, 0.15) is 0 Å². The second-order valence-electron chi connectivity index (χ2n) is 8.00. The number of para-hydroxylation sites is 1. The first-order valence-electron chi connectivity index (χ1n) is 9.09. The maximum absolute atomic E-state index is 12.3. The van der Waals surface area contributed by atoms with E-state index in [0.717, 1.165) is 18.7 Å². The molecule has 132 valence electrons. The number of nitrogens with one attached hydrogen (secondary N) is 1. The van der Waals surface area contributed by atoms with Crippen LogP contribution >= 0.6 is 0 Å². The number of amides is 1. The molecule has 0 bridgehead atoms. The minimum absolute atomic E-state index is 0.0695. The Morgan fingerprint density at radius 3 is 2.48 bits per heavy atom. The molecule has 0 fully saturated rings. The van der Waals surface area contributed by atoms with Gasteiger partial charge in [0, 0.05) is 30.4 Å². The van der Waals surface area contributed by atoms with Crippen molar-refractivity contribution in [1.29, 1.82) is 0 Å². The molecule has 1 atom stereocenters. The third kappa shape index (κ3) is 4.04. The van der Waals surface area contributed by atoms with E-state index in [1.54, 1.807) is 0 Å². The summed E-state index contributed by atoms with van der Waals surface area (Å²) in [5.74, 6) is 0.0695. The van der Waals surface area contributed by atoms with Crippen molar-refractivity contribution in [3.8, 4) is 0 Å². The molecule has 2 aromatic rings. The van der Waals surface area contributed by atoms with Gasteiger partial charge in [-0.25, -0.2) is 0 Å². The van der Waals surface area contributed by atoms with Gasteiger partial charge < -0.3 is 10.2 Å². The first-order valence-corrected chi connectivity index (χ1v) is 9.09. The molecule has 3 heteroatoms. The lowest BCUT2D eigenvalue weighted by Gasteiger charge is -2.24. The fourth-order valence-electron chi connectivity index (χ4n) is 3.47. The number of rotatable bonds is 4. The minimum Gasteiger partial charge on any atom is -0.368 e. The highest BCUT2D eigenvalue weighted by Crippen LogP contribution is 2.31. The maximum atomic E-state index is 12.3. The van der Waals surface area contributed by atoms with Gasteiger partial charge in [0.25, 0.3) is 0 Å². The Kier molecular flexibility index (Phi) is 4.85. The highest BCUT2D eigenvalue weighted by Gasteiger charge is 2.25. The molecule has 0 aliphatic carbocycles. The largest absolute Gasteiger partial charge is 0.368 e. The van der Waals surface area contributed by atoms with Gasteiger partial charge >= 0.3 is 0 Å². The smallest absolute Gasteiger partial charge is 0.226 e. The van der Waals surface area contributed by atoms with E-state index >= 15 is 0 Å². The number of hydrogen-bond acceptors (Lipinski definition) is 2. The Morgan fingerprint density at radius 2 is 1.80 bits per heavy atom. The van der Waals surface area contributed by atoms with Crippen molar-refractivity contribution in [2.45, 2.75) is 52.0 Å². The second-order valence-corrected chi connectivity index (χ2v) is 8.00. The summed E-state index contributed by atoms with van der Waals surface area (Å²) in [6.45, 7) is 9.55. The molecule has 1 N–H and O–H groups in total. The number of anilines is 2. The average molecular weight is 336 g/mol. The third-order valence-electron chi connectivity index (χ3n) is 4.96. The van der Waals surface area contributed by atoms with Crippen molar-refractivity contribution in [2.24, 2.45) is 0 Å². The zero-order valence-electron chi connectivity index (χ0n) is 15.7. The summed E-state index contributed by atoms with van der Waals surface area (Å²) < 4.78 is 0. The van der Waals surface area contributed by atoms with Crippen molar-refractivity contribution >= 4 is 17.3 Å². The summed E-state index contributed by atoms with van der Waals surface area (Å²) >= 11 is 0. The van der Waals surface area contributed by atoms with Crippen LogP contribution in [0.15, 0.2) is 48.5 Å². The van der Waals surface area contributed by atoms with Gasteiger partial charge in [-0.3, -0.25) is 4.79 Å². The number of benzene rings is 2. The standard InChI is InChI=1S/C22H28N2O/c1-16-15-17-7-5-6-8-20(17)24(16)14-13-21(25)23-19-11-9-18(10-12-19)22(2,3)4/h5-12,16H,13-15H2,1-4H3,(H,23,25). The van der Waals surface area contributed by atoms with Crippen LogP contribution in [0, 0.1) is 0 Å². The molecule has 3 nitrogen and oxygen atoms in total. The Labute approximate surface area is 151 Å². The molecule has 0 spiro atoms. The first-order chi connectivity index (χ1) is 11.8. The van der Waals surface area contributed by atoms with E-state index in [1.165, 1.54) is 16.8 Å². The summed E-state index contributed by atoms with van der Waals surface area (Å²) in [6.07, 6.45) is 1.56. The lowest BCUT2D eigenvalue weighted by molar-refractivity contribution is -0.116. The van der Waals surface area contributed by atoms with Crippen LogP contribution in [-0.2, 0) is 16.6 Å². The van der Waals surface area contributed by atoms with Crippen LogP contribution in [0.4, 0.5) is 11.4 Å². The molecule has 1 unspecified atom stereocenters. The highest BCUT2D eigenvalue weighted by atomic mass is 16.1. The lowest BCUT2D eigenvalue weighted by atomic mass is 9.87. The van der Waals surface area contributed by atoms with Crippen LogP contribution < -0.4 is 10.2 Å². The van der Waals surface area contributed by atoms with Crippen molar-refractivity contribution in [3.05, 3.63) is 59.7 Å². The Balaban J connectivity index is 1.57.